The number of carbonyl (C=O) groups is 2. The van der Waals surface area contributed by atoms with E-state index >= 15 is 0 Å². The highest BCUT2D eigenvalue weighted by molar-refractivity contribution is 6.21. The molecule has 5 heteroatoms. The van der Waals surface area contributed by atoms with Crippen LogP contribution in [0.1, 0.15) is 41.5 Å². The number of imide groups is 1. The van der Waals surface area contributed by atoms with Crippen LogP contribution < -0.4 is 5.32 Å². The number of nitrogens with one attached hydrogen (secondary N) is 1. The van der Waals surface area contributed by atoms with Gasteiger partial charge in [-0.1, -0.05) is 13.8 Å². The van der Waals surface area contributed by atoms with Gasteiger partial charge in [0.15, 0.2) is 0 Å². The van der Waals surface area contributed by atoms with Crippen LogP contribution in [0.2, 0.25) is 0 Å². The molecule has 5 nitrogen and oxygen atoms in total. The van der Waals surface area contributed by atoms with E-state index in [9.17, 15) is 14.7 Å². The zero-order chi connectivity index (χ0) is 15.1. The van der Waals surface area contributed by atoms with Crippen molar-refractivity contribution in [3.8, 4) is 0 Å². The number of rotatable bonds is 4. The first-order valence-corrected chi connectivity index (χ1v) is 6.66. The standard InChI is InChI=1S/C15H20N2O3/c1-9(2)15(3,20)8-16-10-5-6-11-12(7-10)14(19)17(4)13(11)18/h5-7,9,16,20H,8H2,1-4H3. The van der Waals surface area contributed by atoms with E-state index in [1.54, 1.807) is 25.1 Å². The number of hydrogen-bond acceptors (Lipinski definition) is 4. The highest BCUT2D eigenvalue weighted by atomic mass is 16.3. The molecule has 108 valence electrons. The fraction of sp³-hybridized carbons (Fsp3) is 0.467. The minimum atomic E-state index is -0.838. The molecule has 0 bridgehead atoms. The third-order valence-corrected chi connectivity index (χ3v) is 3.98. The Kier molecular flexibility index (Phi) is 3.56. The average molecular weight is 276 g/mol. The smallest absolute Gasteiger partial charge is 0.261 e. The minimum Gasteiger partial charge on any atom is -0.388 e. The molecule has 0 saturated heterocycles. The third kappa shape index (κ3) is 2.41. The molecule has 20 heavy (non-hydrogen) atoms. The quantitative estimate of drug-likeness (QED) is 0.822. The van der Waals surface area contributed by atoms with Gasteiger partial charge < -0.3 is 10.4 Å². The van der Waals surface area contributed by atoms with Crippen molar-refractivity contribution >= 4 is 17.5 Å². The average Bonchev–Trinajstić information content (AvgIpc) is 2.61. The van der Waals surface area contributed by atoms with Crippen LogP contribution in [0.3, 0.4) is 0 Å². The SMILES string of the molecule is CC(C)C(C)(O)CNc1ccc2c(c1)C(=O)N(C)C2=O. The van der Waals surface area contributed by atoms with Crippen molar-refractivity contribution in [1.82, 2.24) is 4.90 Å². The first-order chi connectivity index (χ1) is 9.24. The van der Waals surface area contributed by atoms with Gasteiger partial charge in [-0.05, 0) is 31.0 Å². The van der Waals surface area contributed by atoms with Gasteiger partial charge in [-0.15, -0.1) is 0 Å². The third-order valence-electron chi connectivity index (χ3n) is 3.98. The molecule has 0 aliphatic carbocycles. The van der Waals surface area contributed by atoms with Crippen molar-refractivity contribution in [1.29, 1.82) is 0 Å². The van der Waals surface area contributed by atoms with Gasteiger partial charge in [-0.2, -0.15) is 0 Å². The van der Waals surface area contributed by atoms with Crippen LogP contribution in [-0.2, 0) is 0 Å². The Morgan fingerprint density at radius 3 is 2.45 bits per heavy atom. The summed E-state index contributed by atoms with van der Waals surface area (Å²) in [7, 11) is 1.47. The number of aliphatic hydroxyl groups is 1. The van der Waals surface area contributed by atoms with Gasteiger partial charge in [0.1, 0.15) is 0 Å². The van der Waals surface area contributed by atoms with Gasteiger partial charge in [-0.3, -0.25) is 14.5 Å². The van der Waals surface area contributed by atoms with E-state index < -0.39 is 5.60 Å². The maximum absolute atomic E-state index is 11.9. The highest BCUT2D eigenvalue weighted by Gasteiger charge is 2.33. The van der Waals surface area contributed by atoms with Crippen molar-refractivity contribution in [3.63, 3.8) is 0 Å². The lowest BCUT2D eigenvalue weighted by atomic mass is 9.92. The van der Waals surface area contributed by atoms with E-state index in [2.05, 4.69) is 5.32 Å². The van der Waals surface area contributed by atoms with E-state index in [-0.39, 0.29) is 17.7 Å². The Bertz CT molecular complexity index is 564. The Hall–Kier alpha value is -1.88. The molecule has 1 aromatic rings. The molecule has 2 rings (SSSR count). The van der Waals surface area contributed by atoms with E-state index in [4.69, 9.17) is 0 Å². The van der Waals surface area contributed by atoms with E-state index in [1.807, 2.05) is 13.8 Å². The number of amides is 2. The molecule has 0 aromatic heterocycles. The second-order valence-corrected chi connectivity index (χ2v) is 5.80. The number of hydrogen-bond donors (Lipinski definition) is 2. The van der Waals surface area contributed by atoms with E-state index in [0.29, 0.717) is 17.7 Å². The van der Waals surface area contributed by atoms with Crippen LogP contribution >= 0.6 is 0 Å². The monoisotopic (exact) mass is 276 g/mol. The summed E-state index contributed by atoms with van der Waals surface area (Å²) in [4.78, 5) is 24.8. The van der Waals surface area contributed by atoms with Gasteiger partial charge >= 0.3 is 0 Å². The summed E-state index contributed by atoms with van der Waals surface area (Å²) >= 11 is 0. The summed E-state index contributed by atoms with van der Waals surface area (Å²) in [6.07, 6.45) is 0. The van der Waals surface area contributed by atoms with Crippen molar-refractivity contribution in [2.24, 2.45) is 5.92 Å². The van der Waals surface area contributed by atoms with Crippen molar-refractivity contribution in [2.45, 2.75) is 26.4 Å². The molecule has 0 spiro atoms. The van der Waals surface area contributed by atoms with Crippen molar-refractivity contribution in [3.05, 3.63) is 29.3 Å². The number of anilines is 1. The molecule has 1 unspecified atom stereocenters. The lowest BCUT2D eigenvalue weighted by molar-refractivity contribution is 0.0266. The number of fused-ring (bicyclic) bond motifs is 1. The Morgan fingerprint density at radius 2 is 1.85 bits per heavy atom. The lowest BCUT2D eigenvalue weighted by Gasteiger charge is -2.28. The molecule has 2 N–H and O–H groups in total. The fourth-order valence-electron chi connectivity index (χ4n) is 1.96. The number of nitrogens with zero attached hydrogens (tertiary/aromatic N) is 1. The molecule has 0 saturated carbocycles. The van der Waals surface area contributed by atoms with Crippen LogP contribution in [0.25, 0.3) is 0 Å². The highest BCUT2D eigenvalue weighted by Crippen LogP contribution is 2.25. The van der Waals surface area contributed by atoms with Crippen LogP contribution in [0.15, 0.2) is 18.2 Å². The largest absolute Gasteiger partial charge is 0.388 e. The minimum absolute atomic E-state index is 0.110. The maximum atomic E-state index is 11.9. The molecule has 0 radical (unpaired) electrons. The Labute approximate surface area is 118 Å². The van der Waals surface area contributed by atoms with Crippen LogP contribution in [0, 0.1) is 5.92 Å². The van der Waals surface area contributed by atoms with Gasteiger partial charge in [0.25, 0.3) is 11.8 Å². The molecular formula is C15H20N2O3. The van der Waals surface area contributed by atoms with E-state index in [0.717, 1.165) is 10.6 Å². The molecule has 1 aliphatic rings. The van der Waals surface area contributed by atoms with Crippen LogP contribution in [-0.4, -0.2) is 41.0 Å². The molecule has 2 amide bonds. The van der Waals surface area contributed by atoms with Gasteiger partial charge in [0.05, 0.1) is 16.7 Å². The predicted octanol–water partition coefficient (Wildman–Crippen LogP) is 1.73. The Morgan fingerprint density at radius 1 is 1.25 bits per heavy atom. The first-order valence-electron chi connectivity index (χ1n) is 6.66. The van der Waals surface area contributed by atoms with Crippen molar-refractivity contribution in [2.75, 3.05) is 18.9 Å². The second kappa shape index (κ2) is 4.90. The van der Waals surface area contributed by atoms with Gasteiger partial charge in [-0.25, -0.2) is 0 Å². The summed E-state index contributed by atoms with van der Waals surface area (Å²) in [6, 6.07) is 5.06. The second-order valence-electron chi connectivity index (χ2n) is 5.80. The Balaban J connectivity index is 2.18. The van der Waals surface area contributed by atoms with Crippen LogP contribution in [0.5, 0.6) is 0 Å². The maximum Gasteiger partial charge on any atom is 0.261 e. The molecule has 1 heterocycles. The topological polar surface area (TPSA) is 69.6 Å². The summed E-state index contributed by atoms with van der Waals surface area (Å²) in [6.45, 7) is 6.03. The van der Waals surface area contributed by atoms with Crippen LogP contribution in [0.4, 0.5) is 5.69 Å². The summed E-state index contributed by atoms with van der Waals surface area (Å²) < 4.78 is 0. The fourth-order valence-corrected chi connectivity index (χ4v) is 1.96. The number of carbonyl (C=O) groups excluding carboxylic acids is 2. The summed E-state index contributed by atoms with van der Waals surface area (Å²) in [5.74, 6) is -0.450. The summed E-state index contributed by atoms with van der Waals surface area (Å²) in [5, 5.41) is 13.3. The first kappa shape index (κ1) is 14.5. The van der Waals surface area contributed by atoms with E-state index in [1.165, 1.54) is 7.05 Å². The zero-order valence-electron chi connectivity index (χ0n) is 12.2. The van der Waals surface area contributed by atoms with Crippen molar-refractivity contribution < 1.29 is 14.7 Å². The summed E-state index contributed by atoms with van der Waals surface area (Å²) in [5.41, 5.74) is 0.724. The molecule has 0 fully saturated rings. The molecule has 1 aliphatic heterocycles. The zero-order valence-corrected chi connectivity index (χ0v) is 12.2. The molecule has 1 atom stereocenters. The normalized spacial score (nSPS) is 17.4. The van der Waals surface area contributed by atoms with Gasteiger partial charge in [0.2, 0.25) is 0 Å². The molecule has 1 aromatic carbocycles. The lowest BCUT2D eigenvalue weighted by Crippen LogP contribution is -2.38. The van der Waals surface area contributed by atoms with Gasteiger partial charge in [0, 0.05) is 19.3 Å². The number of benzene rings is 1. The molecular weight excluding hydrogens is 256 g/mol. The predicted molar refractivity (Wildman–Crippen MR) is 76.8 cm³/mol.